The van der Waals surface area contributed by atoms with Gasteiger partial charge < -0.3 is 5.73 Å². The first kappa shape index (κ1) is 11.4. The molecule has 0 atom stereocenters. The summed E-state index contributed by atoms with van der Waals surface area (Å²) in [6.07, 6.45) is 8.54. The van der Waals surface area contributed by atoms with Gasteiger partial charge in [-0.15, -0.1) is 0 Å². The van der Waals surface area contributed by atoms with Crippen LogP contribution >= 0.6 is 0 Å². The van der Waals surface area contributed by atoms with Crippen LogP contribution in [0.2, 0.25) is 0 Å². The fourth-order valence-electron chi connectivity index (χ4n) is 5.33. The Hall–Kier alpha value is -1.38. The maximum Gasteiger partial charge on any atom is 0.267 e. The van der Waals surface area contributed by atoms with E-state index in [0.29, 0.717) is 11.6 Å². The Bertz CT molecular complexity index is 497. The molecular formula is C16H20N2O. The van der Waals surface area contributed by atoms with Crippen molar-refractivity contribution in [3.05, 3.63) is 29.6 Å². The summed E-state index contributed by atoms with van der Waals surface area (Å²) < 4.78 is 0. The van der Waals surface area contributed by atoms with Gasteiger partial charge in [-0.05, 0) is 73.3 Å². The lowest BCUT2D eigenvalue weighted by atomic mass is 9.50. The number of aromatic nitrogens is 1. The van der Waals surface area contributed by atoms with Crippen molar-refractivity contribution in [2.24, 2.45) is 29.4 Å². The molecule has 3 nitrogen and oxygen atoms in total. The third-order valence-electron chi connectivity index (χ3n) is 5.66. The number of nitrogens with zero attached hydrogens (tertiary/aromatic N) is 1. The van der Waals surface area contributed by atoms with Gasteiger partial charge in [-0.1, -0.05) is 6.07 Å². The molecule has 4 aliphatic carbocycles. The van der Waals surface area contributed by atoms with Crippen LogP contribution in [0.1, 0.15) is 54.1 Å². The topological polar surface area (TPSA) is 56.0 Å². The van der Waals surface area contributed by atoms with E-state index >= 15 is 0 Å². The molecule has 4 aliphatic rings. The third-order valence-corrected chi connectivity index (χ3v) is 5.66. The zero-order chi connectivity index (χ0) is 13.0. The minimum Gasteiger partial charge on any atom is -0.364 e. The summed E-state index contributed by atoms with van der Waals surface area (Å²) in [7, 11) is 0. The van der Waals surface area contributed by atoms with Gasteiger partial charge in [-0.3, -0.25) is 9.78 Å². The van der Waals surface area contributed by atoms with Gasteiger partial charge in [0.15, 0.2) is 0 Å². The van der Waals surface area contributed by atoms with Crippen molar-refractivity contribution in [3.8, 4) is 0 Å². The third kappa shape index (κ3) is 1.71. The van der Waals surface area contributed by atoms with Crippen LogP contribution in [-0.2, 0) is 0 Å². The van der Waals surface area contributed by atoms with Crippen molar-refractivity contribution in [1.82, 2.24) is 4.98 Å². The van der Waals surface area contributed by atoms with Crippen molar-refractivity contribution < 1.29 is 4.79 Å². The summed E-state index contributed by atoms with van der Waals surface area (Å²) in [5.41, 5.74) is 7.15. The Morgan fingerprint density at radius 1 is 1.11 bits per heavy atom. The van der Waals surface area contributed by atoms with Gasteiger partial charge in [0.05, 0.1) is 0 Å². The van der Waals surface area contributed by atoms with E-state index in [4.69, 9.17) is 5.73 Å². The highest BCUT2D eigenvalue weighted by Gasteiger charge is 2.49. The normalized spacial score (nSPS) is 39.5. The fourth-order valence-corrected chi connectivity index (χ4v) is 5.33. The Morgan fingerprint density at radius 3 is 2.32 bits per heavy atom. The molecular weight excluding hydrogens is 236 g/mol. The van der Waals surface area contributed by atoms with Crippen LogP contribution < -0.4 is 5.73 Å². The SMILES string of the molecule is NC(=O)c1ncccc1C1C2CC3CC(C2)CC1C3. The van der Waals surface area contributed by atoms with Crippen molar-refractivity contribution in [2.45, 2.75) is 38.0 Å². The predicted molar refractivity (Wildman–Crippen MR) is 72.5 cm³/mol. The van der Waals surface area contributed by atoms with Gasteiger partial charge in [0, 0.05) is 6.20 Å². The zero-order valence-electron chi connectivity index (χ0n) is 11.1. The predicted octanol–water partition coefficient (Wildman–Crippen LogP) is 2.72. The number of hydrogen-bond donors (Lipinski definition) is 1. The molecule has 100 valence electrons. The van der Waals surface area contributed by atoms with Crippen LogP contribution in [0, 0.1) is 23.7 Å². The quantitative estimate of drug-likeness (QED) is 0.884. The summed E-state index contributed by atoms with van der Waals surface area (Å²) in [6.45, 7) is 0. The van der Waals surface area contributed by atoms with Gasteiger partial charge in [-0.2, -0.15) is 0 Å². The first-order valence-corrected chi connectivity index (χ1v) is 7.47. The first-order chi connectivity index (χ1) is 9.22. The second kappa shape index (κ2) is 4.06. The molecule has 0 radical (unpaired) electrons. The molecule has 1 amide bonds. The summed E-state index contributed by atoms with van der Waals surface area (Å²) in [4.78, 5) is 15.9. The van der Waals surface area contributed by atoms with Gasteiger partial charge >= 0.3 is 0 Å². The van der Waals surface area contributed by atoms with Crippen molar-refractivity contribution >= 4 is 5.91 Å². The second-order valence-corrected chi connectivity index (χ2v) is 6.76. The number of nitrogens with two attached hydrogens (primary N) is 1. The van der Waals surface area contributed by atoms with E-state index in [-0.39, 0.29) is 5.91 Å². The number of primary amides is 1. The van der Waals surface area contributed by atoms with E-state index in [2.05, 4.69) is 11.1 Å². The number of amides is 1. The molecule has 0 aliphatic heterocycles. The highest BCUT2D eigenvalue weighted by atomic mass is 16.1. The summed E-state index contributed by atoms with van der Waals surface area (Å²) in [5.74, 6) is 3.59. The Balaban J connectivity index is 1.75. The number of hydrogen-bond acceptors (Lipinski definition) is 2. The van der Waals surface area contributed by atoms with Gasteiger partial charge in [-0.25, -0.2) is 0 Å². The molecule has 4 saturated carbocycles. The van der Waals surface area contributed by atoms with Crippen LogP contribution in [0.4, 0.5) is 0 Å². The number of rotatable bonds is 2. The van der Waals surface area contributed by atoms with Crippen LogP contribution in [-0.4, -0.2) is 10.9 Å². The molecule has 1 aromatic rings. The summed E-state index contributed by atoms with van der Waals surface area (Å²) in [5, 5.41) is 0. The number of carbonyl (C=O) groups is 1. The number of pyridine rings is 1. The van der Waals surface area contributed by atoms with Crippen molar-refractivity contribution in [3.63, 3.8) is 0 Å². The minimum absolute atomic E-state index is 0.371. The lowest BCUT2D eigenvalue weighted by Crippen LogP contribution is -2.44. The lowest BCUT2D eigenvalue weighted by molar-refractivity contribution is -0.00310. The van der Waals surface area contributed by atoms with E-state index in [1.807, 2.05) is 6.07 Å². The Labute approximate surface area is 113 Å². The molecule has 3 heteroatoms. The molecule has 4 bridgehead atoms. The average Bonchev–Trinajstić information content (AvgIpc) is 2.37. The number of carbonyl (C=O) groups excluding carboxylic acids is 1. The van der Waals surface area contributed by atoms with Gasteiger partial charge in [0.25, 0.3) is 5.91 Å². The Morgan fingerprint density at radius 2 is 1.74 bits per heavy atom. The van der Waals surface area contributed by atoms with Gasteiger partial charge in [0.1, 0.15) is 5.69 Å². The van der Waals surface area contributed by atoms with Crippen molar-refractivity contribution in [1.29, 1.82) is 0 Å². The first-order valence-electron chi connectivity index (χ1n) is 7.47. The van der Waals surface area contributed by atoms with Crippen LogP contribution in [0.5, 0.6) is 0 Å². The molecule has 0 spiro atoms. The van der Waals surface area contributed by atoms with Crippen LogP contribution in [0.3, 0.4) is 0 Å². The maximum atomic E-state index is 11.6. The molecule has 0 saturated heterocycles. The highest BCUT2D eigenvalue weighted by molar-refractivity contribution is 5.92. The summed E-state index contributed by atoms with van der Waals surface area (Å²) >= 11 is 0. The molecule has 1 heterocycles. The highest BCUT2D eigenvalue weighted by Crippen LogP contribution is 2.59. The standard InChI is InChI=1S/C16H20N2O/c17-16(19)15-13(2-1-3-18-15)14-11-5-9-4-10(7-11)8-12(14)6-9/h1-3,9-12,14H,4-8H2,(H2,17,19). The van der Waals surface area contributed by atoms with Crippen LogP contribution in [0.25, 0.3) is 0 Å². The molecule has 0 unspecified atom stereocenters. The van der Waals surface area contributed by atoms with E-state index in [0.717, 1.165) is 29.2 Å². The average molecular weight is 256 g/mol. The molecule has 19 heavy (non-hydrogen) atoms. The molecule has 2 N–H and O–H groups in total. The monoisotopic (exact) mass is 256 g/mol. The van der Waals surface area contributed by atoms with Crippen LogP contribution in [0.15, 0.2) is 18.3 Å². The second-order valence-electron chi connectivity index (χ2n) is 6.76. The van der Waals surface area contributed by atoms with Gasteiger partial charge in [0.2, 0.25) is 0 Å². The molecule has 1 aromatic heterocycles. The molecule has 0 aromatic carbocycles. The lowest BCUT2D eigenvalue weighted by Gasteiger charge is -2.54. The largest absolute Gasteiger partial charge is 0.364 e. The Kier molecular flexibility index (Phi) is 2.44. The molecule has 4 fully saturated rings. The van der Waals surface area contributed by atoms with E-state index < -0.39 is 0 Å². The maximum absolute atomic E-state index is 11.6. The van der Waals surface area contributed by atoms with E-state index in [9.17, 15) is 4.79 Å². The fraction of sp³-hybridized carbons (Fsp3) is 0.625. The van der Waals surface area contributed by atoms with E-state index in [1.165, 1.54) is 32.1 Å². The smallest absolute Gasteiger partial charge is 0.267 e. The van der Waals surface area contributed by atoms with E-state index in [1.54, 1.807) is 6.20 Å². The minimum atomic E-state index is -0.371. The molecule has 5 rings (SSSR count). The zero-order valence-corrected chi connectivity index (χ0v) is 11.1. The van der Waals surface area contributed by atoms with Crippen molar-refractivity contribution in [2.75, 3.05) is 0 Å². The summed E-state index contributed by atoms with van der Waals surface area (Å²) in [6, 6.07) is 4.03.